The molecule has 0 N–H and O–H groups in total. The Balaban J connectivity index is 2.08. The quantitative estimate of drug-likeness (QED) is 0.728. The molecule has 0 atom stereocenters. The molecule has 0 aliphatic carbocycles. The van der Waals surface area contributed by atoms with Gasteiger partial charge in [0.1, 0.15) is 18.1 Å². The molecule has 0 aliphatic heterocycles. The molecule has 2 rings (SSSR count). The van der Waals surface area contributed by atoms with E-state index in [-0.39, 0.29) is 0 Å². The second-order valence-corrected chi connectivity index (χ2v) is 5.90. The van der Waals surface area contributed by atoms with Crippen LogP contribution in [0.5, 0.6) is 11.5 Å². The van der Waals surface area contributed by atoms with Crippen molar-refractivity contribution in [1.82, 2.24) is 0 Å². The third-order valence-electron chi connectivity index (χ3n) is 2.70. The van der Waals surface area contributed by atoms with Gasteiger partial charge in [-0.25, -0.2) is 0 Å². The zero-order valence-electron chi connectivity index (χ0n) is 10.7. The average molecular weight is 386 g/mol. The zero-order valence-corrected chi connectivity index (χ0v) is 13.9. The van der Waals surface area contributed by atoms with Gasteiger partial charge in [-0.05, 0) is 74.2 Å². The molecule has 0 spiro atoms. The Bertz CT molecular complexity index is 582. The molecule has 0 bridgehead atoms. The topological polar surface area (TPSA) is 18.5 Å². The summed E-state index contributed by atoms with van der Waals surface area (Å²) in [5.41, 5.74) is 2.28. The summed E-state index contributed by atoms with van der Waals surface area (Å²) in [6.07, 6.45) is 0. The van der Waals surface area contributed by atoms with Gasteiger partial charge in [0.05, 0.1) is 16.1 Å². The minimum absolute atomic E-state index is 0.518. The van der Waals surface area contributed by atoms with Gasteiger partial charge < -0.3 is 9.47 Å². The van der Waals surface area contributed by atoms with Gasteiger partial charge in [-0.3, -0.25) is 0 Å². The molecule has 100 valence electrons. The normalized spacial score (nSPS) is 10.3. The number of methoxy groups -OCH3 is 1. The van der Waals surface area contributed by atoms with Crippen LogP contribution in [-0.2, 0) is 6.61 Å². The maximum Gasteiger partial charge on any atom is 0.134 e. The van der Waals surface area contributed by atoms with Gasteiger partial charge in [0.25, 0.3) is 0 Å². The molecule has 2 aromatic carbocycles. The van der Waals surface area contributed by atoms with Crippen LogP contribution in [-0.4, -0.2) is 7.11 Å². The third kappa shape index (κ3) is 3.74. The van der Waals surface area contributed by atoms with E-state index in [1.165, 1.54) is 5.56 Å². The van der Waals surface area contributed by atoms with E-state index in [0.29, 0.717) is 6.61 Å². The summed E-state index contributed by atoms with van der Waals surface area (Å²) in [4.78, 5) is 0. The molecule has 2 aromatic rings. The van der Waals surface area contributed by atoms with Crippen molar-refractivity contribution in [1.29, 1.82) is 0 Å². The van der Waals surface area contributed by atoms with Gasteiger partial charge in [-0.1, -0.05) is 12.1 Å². The molecule has 0 radical (unpaired) electrons. The Hall–Kier alpha value is -1.000. The summed E-state index contributed by atoms with van der Waals surface area (Å²) in [6.45, 7) is 2.57. The van der Waals surface area contributed by atoms with Crippen LogP contribution in [0.25, 0.3) is 0 Å². The SMILES string of the molecule is COc1ccc(COc2ccc(C)cc2Br)cc1Br. The van der Waals surface area contributed by atoms with E-state index >= 15 is 0 Å². The third-order valence-corrected chi connectivity index (χ3v) is 3.94. The van der Waals surface area contributed by atoms with Crippen molar-refractivity contribution in [3.05, 3.63) is 56.5 Å². The summed E-state index contributed by atoms with van der Waals surface area (Å²) in [5.74, 6) is 1.66. The maximum atomic E-state index is 5.80. The predicted octanol–water partition coefficient (Wildman–Crippen LogP) is 5.11. The highest BCUT2D eigenvalue weighted by atomic mass is 79.9. The largest absolute Gasteiger partial charge is 0.496 e. The number of halogens is 2. The fraction of sp³-hybridized carbons (Fsp3) is 0.200. The fourth-order valence-electron chi connectivity index (χ4n) is 1.68. The highest BCUT2D eigenvalue weighted by Crippen LogP contribution is 2.28. The monoisotopic (exact) mass is 384 g/mol. The van der Waals surface area contributed by atoms with Crippen LogP contribution in [0, 0.1) is 6.92 Å². The van der Waals surface area contributed by atoms with Crippen LogP contribution < -0.4 is 9.47 Å². The molecule has 0 aromatic heterocycles. The molecular weight excluding hydrogens is 372 g/mol. The first kappa shape index (κ1) is 14.4. The highest BCUT2D eigenvalue weighted by Gasteiger charge is 2.04. The molecule has 0 aliphatic rings. The molecule has 0 unspecified atom stereocenters. The number of ether oxygens (including phenoxy) is 2. The minimum Gasteiger partial charge on any atom is -0.496 e. The Morgan fingerprint density at radius 2 is 1.63 bits per heavy atom. The van der Waals surface area contributed by atoms with Crippen molar-refractivity contribution in [2.24, 2.45) is 0 Å². The summed E-state index contributed by atoms with van der Waals surface area (Å²) < 4.78 is 12.9. The van der Waals surface area contributed by atoms with Crippen molar-refractivity contribution >= 4 is 31.9 Å². The van der Waals surface area contributed by atoms with Crippen LogP contribution in [0.15, 0.2) is 45.3 Å². The molecule has 0 fully saturated rings. The van der Waals surface area contributed by atoms with Gasteiger partial charge in [-0.2, -0.15) is 0 Å². The van der Waals surface area contributed by atoms with Gasteiger partial charge in [0, 0.05) is 0 Å². The fourth-order valence-corrected chi connectivity index (χ4v) is 2.88. The molecule has 19 heavy (non-hydrogen) atoms. The molecular formula is C15H14Br2O2. The summed E-state index contributed by atoms with van der Waals surface area (Å²) in [6, 6.07) is 12.0. The Morgan fingerprint density at radius 3 is 2.26 bits per heavy atom. The molecule has 2 nitrogen and oxygen atoms in total. The van der Waals surface area contributed by atoms with Gasteiger partial charge >= 0.3 is 0 Å². The number of hydrogen-bond donors (Lipinski definition) is 0. The zero-order chi connectivity index (χ0) is 13.8. The van der Waals surface area contributed by atoms with E-state index in [2.05, 4.69) is 38.8 Å². The number of benzene rings is 2. The lowest BCUT2D eigenvalue weighted by molar-refractivity contribution is 0.304. The van der Waals surface area contributed by atoms with Crippen LogP contribution in [0.4, 0.5) is 0 Å². The van der Waals surface area contributed by atoms with E-state index < -0.39 is 0 Å². The number of hydrogen-bond acceptors (Lipinski definition) is 2. The standard InChI is InChI=1S/C15H14Br2O2/c1-10-3-5-15(12(16)7-10)19-9-11-4-6-14(18-2)13(17)8-11/h3-8H,9H2,1-2H3. The van der Waals surface area contributed by atoms with Crippen LogP contribution in [0.2, 0.25) is 0 Å². The first-order valence-electron chi connectivity index (χ1n) is 5.81. The Labute approximate surface area is 130 Å². The van der Waals surface area contributed by atoms with Crippen LogP contribution in [0.1, 0.15) is 11.1 Å². The Kier molecular flexibility index (Phi) is 4.88. The lowest BCUT2D eigenvalue weighted by atomic mass is 10.2. The van der Waals surface area contributed by atoms with Crippen LogP contribution in [0.3, 0.4) is 0 Å². The van der Waals surface area contributed by atoms with E-state index in [9.17, 15) is 0 Å². The summed E-state index contributed by atoms with van der Waals surface area (Å²) in [5, 5.41) is 0. The number of aryl methyl sites for hydroxylation is 1. The van der Waals surface area contributed by atoms with Crippen molar-refractivity contribution in [3.8, 4) is 11.5 Å². The second kappa shape index (κ2) is 6.44. The van der Waals surface area contributed by atoms with E-state index in [1.54, 1.807) is 7.11 Å². The smallest absolute Gasteiger partial charge is 0.134 e. The van der Waals surface area contributed by atoms with Crippen molar-refractivity contribution in [2.45, 2.75) is 13.5 Å². The van der Waals surface area contributed by atoms with E-state index in [4.69, 9.17) is 9.47 Å². The van der Waals surface area contributed by atoms with Crippen molar-refractivity contribution in [2.75, 3.05) is 7.11 Å². The summed E-state index contributed by atoms with van der Waals surface area (Å²) >= 11 is 6.97. The van der Waals surface area contributed by atoms with Crippen LogP contribution >= 0.6 is 31.9 Å². The summed E-state index contributed by atoms with van der Waals surface area (Å²) in [7, 11) is 1.65. The van der Waals surface area contributed by atoms with E-state index in [1.807, 2.05) is 36.4 Å². The Morgan fingerprint density at radius 1 is 0.947 bits per heavy atom. The van der Waals surface area contributed by atoms with Crippen molar-refractivity contribution < 1.29 is 9.47 Å². The molecule has 0 saturated heterocycles. The van der Waals surface area contributed by atoms with E-state index in [0.717, 1.165) is 26.0 Å². The minimum atomic E-state index is 0.518. The predicted molar refractivity (Wildman–Crippen MR) is 83.9 cm³/mol. The molecule has 0 amide bonds. The van der Waals surface area contributed by atoms with Crippen molar-refractivity contribution in [3.63, 3.8) is 0 Å². The average Bonchev–Trinajstić information content (AvgIpc) is 2.38. The molecule has 0 saturated carbocycles. The van der Waals surface area contributed by atoms with Gasteiger partial charge in [0.15, 0.2) is 0 Å². The number of rotatable bonds is 4. The first-order valence-corrected chi connectivity index (χ1v) is 7.40. The lowest BCUT2D eigenvalue weighted by Gasteiger charge is -2.10. The first-order chi connectivity index (χ1) is 9.10. The highest BCUT2D eigenvalue weighted by molar-refractivity contribution is 9.10. The molecule has 4 heteroatoms. The molecule has 0 heterocycles. The lowest BCUT2D eigenvalue weighted by Crippen LogP contribution is -1.97. The second-order valence-electron chi connectivity index (χ2n) is 4.19. The van der Waals surface area contributed by atoms with Gasteiger partial charge in [-0.15, -0.1) is 0 Å². The van der Waals surface area contributed by atoms with Gasteiger partial charge in [0.2, 0.25) is 0 Å². The maximum absolute atomic E-state index is 5.80.